The lowest BCUT2D eigenvalue weighted by atomic mass is 9.85. The van der Waals surface area contributed by atoms with Gasteiger partial charge in [-0.3, -0.25) is 4.79 Å². The third-order valence-corrected chi connectivity index (χ3v) is 2.97. The third kappa shape index (κ3) is 2.41. The van der Waals surface area contributed by atoms with Crippen LogP contribution in [-0.4, -0.2) is 5.78 Å². The molecule has 0 radical (unpaired) electrons. The van der Waals surface area contributed by atoms with Crippen LogP contribution in [0.4, 0.5) is 0 Å². The lowest BCUT2D eigenvalue weighted by Crippen LogP contribution is -2.16. The van der Waals surface area contributed by atoms with Crippen molar-refractivity contribution >= 4 is 17.1 Å². The molecule has 0 aromatic carbocycles. The van der Waals surface area contributed by atoms with Crippen molar-refractivity contribution in [1.82, 2.24) is 0 Å². The molecule has 2 heteroatoms. The standard InChI is InChI=1S/C11H16OS/c1-4-10(12)11(8(2)3)9-5-6-13-7-9/h5-8,11H,4H2,1-3H3. The van der Waals surface area contributed by atoms with Gasteiger partial charge in [-0.1, -0.05) is 20.8 Å². The highest BCUT2D eigenvalue weighted by atomic mass is 32.1. The average Bonchev–Trinajstić information content (AvgIpc) is 2.56. The highest BCUT2D eigenvalue weighted by Crippen LogP contribution is 2.27. The fourth-order valence-corrected chi connectivity index (χ4v) is 2.31. The van der Waals surface area contributed by atoms with Crippen LogP contribution in [0.2, 0.25) is 0 Å². The summed E-state index contributed by atoms with van der Waals surface area (Å²) in [5, 5.41) is 4.12. The van der Waals surface area contributed by atoms with E-state index in [1.165, 1.54) is 5.56 Å². The minimum absolute atomic E-state index is 0.108. The number of rotatable bonds is 4. The molecule has 0 saturated carbocycles. The number of hydrogen-bond acceptors (Lipinski definition) is 2. The van der Waals surface area contributed by atoms with Crippen LogP contribution in [0.1, 0.15) is 38.7 Å². The molecule has 1 aromatic heterocycles. The monoisotopic (exact) mass is 196 g/mol. The number of thiophene rings is 1. The first-order valence-electron chi connectivity index (χ1n) is 4.71. The van der Waals surface area contributed by atoms with Crippen molar-refractivity contribution in [3.8, 4) is 0 Å². The molecule has 0 aliphatic carbocycles. The number of ketones is 1. The molecule has 72 valence electrons. The van der Waals surface area contributed by atoms with Gasteiger partial charge in [0, 0.05) is 12.3 Å². The molecule has 0 spiro atoms. The Balaban J connectivity index is 2.87. The van der Waals surface area contributed by atoms with Crippen LogP contribution in [-0.2, 0) is 4.79 Å². The lowest BCUT2D eigenvalue weighted by molar-refractivity contribution is -0.121. The third-order valence-electron chi connectivity index (χ3n) is 2.26. The summed E-state index contributed by atoms with van der Waals surface area (Å²) in [6, 6.07) is 2.06. The minimum atomic E-state index is 0.108. The topological polar surface area (TPSA) is 17.1 Å². The van der Waals surface area contributed by atoms with E-state index in [4.69, 9.17) is 0 Å². The first-order chi connectivity index (χ1) is 6.16. The van der Waals surface area contributed by atoms with Crippen molar-refractivity contribution in [3.05, 3.63) is 22.4 Å². The summed E-state index contributed by atoms with van der Waals surface area (Å²) in [6.07, 6.45) is 0.638. The Hall–Kier alpha value is -0.630. The van der Waals surface area contributed by atoms with Crippen molar-refractivity contribution in [2.24, 2.45) is 5.92 Å². The zero-order chi connectivity index (χ0) is 9.84. The van der Waals surface area contributed by atoms with Crippen LogP contribution in [0.5, 0.6) is 0 Å². The molecule has 0 saturated heterocycles. The predicted molar refractivity (Wildman–Crippen MR) is 57.2 cm³/mol. The second-order valence-electron chi connectivity index (χ2n) is 3.60. The van der Waals surface area contributed by atoms with E-state index in [0.717, 1.165) is 0 Å². The Morgan fingerprint density at radius 3 is 2.62 bits per heavy atom. The summed E-state index contributed by atoms with van der Waals surface area (Å²) < 4.78 is 0. The van der Waals surface area contributed by atoms with Gasteiger partial charge in [0.05, 0.1) is 0 Å². The smallest absolute Gasteiger partial charge is 0.140 e. The maximum atomic E-state index is 11.7. The molecule has 0 fully saturated rings. The SMILES string of the molecule is CCC(=O)C(c1ccsc1)C(C)C. The van der Waals surface area contributed by atoms with Gasteiger partial charge in [-0.25, -0.2) is 0 Å². The van der Waals surface area contributed by atoms with Crippen LogP contribution < -0.4 is 0 Å². The fraction of sp³-hybridized carbons (Fsp3) is 0.545. The highest BCUT2D eigenvalue weighted by molar-refractivity contribution is 7.08. The average molecular weight is 196 g/mol. The molecule has 0 aliphatic heterocycles. The molecule has 1 unspecified atom stereocenters. The maximum Gasteiger partial charge on any atom is 0.140 e. The molecular weight excluding hydrogens is 180 g/mol. The van der Waals surface area contributed by atoms with E-state index < -0.39 is 0 Å². The maximum absolute atomic E-state index is 11.7. The lowest BCUT2D eigenvalue weighted by Gasteiger charge is -2.17. The van der Waals surface area contributed by atoms with Gasteiger partial charge in [0.15, 0.2) is 0 Å². The number of hydrogen-bond donors (Lipinski definition) is 0. The minimum Gasteiger partial charge on any atom is -0.299 e. The van der Waals surface area contributed by atoms with Crippen LogP contribution in [0, 0.1) is 5.92 Å². The van der Waals surface area contributed by atoms with Crippen LogP contribution >= 0.6 is 11.3 Å². The normalized spacial score (nSPS) is 13.2. The van der Waals surface area contributed by atoms with Crippen LogP contribution in [0.25, 0.3) is 0 Å². The van der Waals surface area contributed by atoms with Gasteiger partial charge < -0.3 is 0 Å². The van der Waals surface area contributed by atoms with E-state index in [0.29, 0.717) is 18.1 Å². The van der Waals surface area contributed by atoms with E-state index in [1.54, 1.807) is 11.3 Å². The Bertz CT molecular complexity index is 262. The van der Waals surface area contributed by atoms with E-state index in [1.807, 2.05) is 12.3 Å². The molecule has 1 atom stereocenters. The first kappa shape index (κ1) is 10.5. The summed E-state index contributed by atoms with van der Waals surface area (Å²) in [4.78, 5) is 11.7. The molecule has 13 heavy (non-hydrogen) atoms. The van der Waals surface area contributed by atoms with E-state index in [2.05, 4.69) is 25.3 Å². The zero-order valence-electron chi connectivity index (χ0n) is 8.41. The molecule has 0 amide bonds. The van der Waals surface area contributed by atoms with Crippen molar-refractivity contribution in [3.63, 3.8) is 0 Å². The second-order valence-corrected chi connectivity index (χ2v) is 4.38. The second kappa shape index (κ2) is 4.56. The molecule has 0 N–H and O–H groups in total. The fourth-order valence-electron chi connectivity index (χ4n) is 1.61. The molecule has 0 aliphatic rings. The summed E-state index contributed by atoms with van der Waals surface area (Å²) in [7, 11) is 0. The molecule has 1 nitrogen and oxygen atoms in total. The Morgan fingerprint density at radius 1 is 1.54 bits per heavy atom. The van der Waals surface area contributed by atoms with E-state index in [9.17, 15) is 4.79 Å². The number of Topliss-reactive ketones (excluding diaryl/α,β-unsaturated/α-hetero) is 1. The van der Waals surface area contributed by atoms with Gasteiger partial charge in [-0.2, -0.15) is 11.3 Å². The van der Waals surface area contributed by atoms with Crippen molar-refractivity contribution in [2.75, 3.05) is 0 Å². The number of carbonyl (C=O) groups excluding carboxylic acids is 1. The quantitative estimate of drug-likeness (QED) is 0.720. The molecule has 1 heterocycles. The van der Waals surface area contributed by atoms with Gasteiger partial charge >= 0.3 is 0 Å². The Labute approximate surface area is 83.8 Å². The molecule has 1 rings (SSSR count). The summed E-state index contributed by atoms with van der Waals surface area (Å²) in [6.45, 7) is 6.15. The predicted octanol–water partition coefficient (Wildman–Crippen LogP) is 3.47. The van der Waals surface area contributed by atoms with Gasteiger partial charge in [-0.05, 0) is 28.3 Å². The summed E-state index contributed by atoms with van der Waals surface area (Å²) >= 11 is 1.66. The Kier molecular flexibility index (Phi) is 3.67. The summed E-state index contributed by atoms with van der Waals surface area (Å²) in [5.74, 6) is 0.867. The van der Waals surface area contributed by atoms with Crippen molar-refractivity contribution in [2.45, 2.75) is 33.1 Å². The van der Waals surface area contributed by atoms with Crippen LogP contribution in [0.3, 0.4) is 0 Å². The first-order valence-corrected chi connectivity index (χ1v) is 5.66. The van der Waals surface area contributed by atoms with Gasteiger partial charge in [0.2, 0.25) is 0 Å². The largest absolute Gasteiger partial charge is 0.299 e. The van der Waals surface area contributed by atoms with Gasteiger partial charge in [0.25, 0.3) is 0 Å². The van der Waals surface area contributed by atoms with Crippen LogP contribution in [0.15, 0.2) is 16.8 Å². The van der Waals surface area contributed by atoms with E-state index in [-0.39, 0.29) is 5.92 Å². The Morgan fingerprint density at radius 2 is 2.23 bits per heavy atom. The van der Waals surface area contributed by atoms with Gasteiger partial charge in [-0.15, -0.1) is 0 Å². The summed E-state index contributed by atoms with van der Waals surface area (Å²) in [5.41, 5.74) is 1.19. The molecule has 1 aromatic rings. The van der Waals surface area contributed by atoms with Crippen molar-refractivity contribution < 1.29 is 4.79 Å². The van der Waals surface area contributed by atoms with Gasteiger partial charge in [0.1, 0.15) is 5.78 Å². The zero-order valence-corrected chi connectivity index (χ0v) is 9.23. The number of carbonyl (C=O) groups is 1. The highest BCUT2D eigenvalue weighted by Gasteiger charge is 2.22. The molecular formula is C11H16OS. The molecule has 0 bridgehead atoms. The van der Waals surface area contributed by atoms with E-state index >= 15 is 0 Å². The van der Waals surface area contributed by atoms with Crippen molar-refractivity contribution in [1.29, 1.82) is 0 Å².